The minimum Gasteiger partial charge on any atom is -0.371 e. The van der Waals surface area contributed by atoms with Gasteiger partial charge in [-0.1, -0.05) is 18.2 Å². The summed E-state index contributed by atoms with van der Waals surface area (Å²) in [4.78, 5) is 18.5. The zero-order valence-electron chi connectivity index (χ0n) is 18.0. The van der Waals surface area contributed by atoms with Crippen molar-refractivity contribution in [2.45, 2.75) is 33.6 Å². The van der Waals surface area contributed by atoms with Crippen LogP contribution in [0.1, 0.15) is 39.2 Å². The molecule has 0 aliphatic heterocycles. The first-order valence-electron chi connectivity index (χ1n) is 10.2. The Balaban J connectivity index is 1.87. The SMILES string of the molecule is C/C=C\C(=C/CN)C1(COCC(=O)N/C=C(\C)N(CC)c2ccc(C#N)cn2)CC1. The summed E-state index contributed by atoms with van der Waals surface area (Å²) in [6, 6.07) is 5.57. The van der Waals surface area contributed by atoms with Crippen molar-refractivity contribution >= 4 is 11.7 Å². The number of nitrogens with one attached hydrogen (secondary N) is 1. The summed E-state index contributed by atoms with van der Waals surface area (Å²) in [6.07, 6.45) is 11.4. The maximum atomic E-state index is 12.2. The lowest BCUT2D eigenvalue weighted by Crippen LogP contribution is -2.28. The van der Waals surface area contributed by atoms with Crippen molar-refractivity contribution in [2.24, 2.45) is 11.1 Å². The summed E-state index contributed by atoms with van der Waals surface area (Å²) < 4.78 is 5.71. The summed E-state index contributed by atoms with van der Waals surface area (Å²) in [5, 5.41) is 11.7. The first-order valence-corrected chi connectivity index (χ1v) is 10.2. The summed E-state index contributed by atoms with van der Waals surface area (Å²) in [6.45, 7) is 7.55. The first kappa shape index (κ1) is 23.3. The van der Waals surface area contributed by atoms with E-state index in [1.165, 1.54) is 11.8 Å². The fourth-order valence-electron chi connectivity index (χ4n) is 3.28. The number of ether oxygens (including phenoxy) is 1. The van der Waals surface area contributed by atoms with Gasteiger partial charge in [0, 0.05) is 36.6 Å². The van der Waals surface area contributed by atoms with E-state index in [0.29, 0.717) is 25.3 Å². The number of anilines is 1. The van der Waals surface area contributed by atoms with Crippen molar-refractivity contribution in [3.8, 4) is 6.07 Å². The molecule has 1 saturated carbocycles. The van der Waals surface area contributed by atoms with Gasteiger partial charge in [-0.3, -0.25) is 4.79 Å². The summed E-state index contributed by atoms with van der Waals surface area (Å²) in [5.74, 6) is 0.513. The second-order valence-corrected chi connectivity index (χ2v) is 7.28. The molecule has 0 aromatic carbocycles. The predicted octanol–water partition coefficient (Wildman–Crippen LogP) is 3.02. The quantitative estimate of drug-likeness (QED) is 0.545. The highest BCUT2D eigenvalue weighted by Crippen LogP contribution is 2.52. The number of carbonyl (C=O) groups is 1. The van der Waals surface area contributed by atoms with Crippen LogP contribution in [0.4, 0.5) is 5.82 Å². The van der Waals surface area contributed by atoms with Crippen LogP contribution in [0.5, 0.6) is 0 Å². The Labute approximate surface area is 178 Å². The summed E-state index contributed by atoms with van der Waals surface area (Å²) in [5.41, 5.74) is 8.21. The van der Waals surface area contributed by atoms with E-state index in [1.54, 1.807) is 18.3 Å². The Kier molecular flexibility index (Phi) is 8.78. The van der Waals surface area contributed by atoms with Gasteiger partial charge in [-0.15, -0.1) is 0 Å². The highest BCUT2D eigenvalue weighted by Gasteiger charge is 2.45. The normalized spacial score (nSPS) is 15.7. The van der Waals surface area contributed by atoms with Crippen LogP contribution in [-0.4, -0.2) is 37.2 Å². The van der Waals surface area contributed by atoms with E-state index in [0.717, 1.165) is 24.4 Å². The van der Waals surface area contributed by atoms with Crippen molar-refractivity contribution in [1.29, 1.82) is 5.26 Å². The van der Waals surface area contributed by atoms with Gasteiger partial charge in [0.1, 0.15) is 18.5 Å². The average Bonchev–Trinajstić information content (AvgIpc) is 3.54. The molecular formula is C23H31N5O2. The Bertz CT molecular complexity index is 845. The maximum absolute atomic E-state index is 12.2. The summed E-state index contributed by atoms with van der Waals surface area (Å²) in [7, 11) is 0. The highest BCUT2D eigenvalue weighted by molar-refractivity contribution is 5.78. The Hall–Kier alpha value is -2.95. The molecule has 1 heterocycles. The molecule has 2 rings (SSSR count). The lowest BCUT2D eigenvalue weighted by Gasteiger charge is -2.22. The van der Waals surface area contributed by atoms with Crippen LogP contribution >= 0.6 is 0 Å². The van der Waals surface area contributed by atoms with Crippen LogP contribution in [0.2, 0.25) is 0 Å². The topological polar surface area (TPSA) is 104 Å². The standard InChI is InChI=1S/C23H31N5O2/c1-4-6-20(9-12-24)23(10-11-23)17-30-16-22(29)27-14-18(3)28(5-2)21-8-7-19(13-25)15-26-21/h4,6-9,14-15H,5,10-12,16-17,24H2,1-3H3,(H,27,29)/b6-4-,18-14+,20-9+. The van der Waals surface area contributed by atoms with E-state index in [9.17, 15) is 4.79 Å². The molecule has 0 radical (unpaired) electrons. The van der Waals surface area contributed by atoms with Crippen LogP contribution < -0.4 is 16.0 Å². The van der Waals surface area contributed by atoms with Crippen LogP contribution in [0, 0.1) is 16.7 Å². The van der Waals surface area contributed by atoms with Gasteiger partial charge in [0.2, 0.25) is 5.91 Å². The van der Waals surface area contributed by atoms with Gasteiger partial charge in [0.25, 0.3) is 0 Å². The monoisotopic (exact) mass is 409 g/mol. The number of nitrogens with two attached hydrogens (primary N) is 1. The van der Waals surface area contributed by atoms with E-state index in [4.69, 9.17) is 15.7 Å². The smallest absolute Gasteiger partial charge is 0.249 e. The Morgan fingerprint density at radius 3 is 2.77 bits per heavy atom. The third-order valence-corrected chi connectivity index (χ3v) is 5.10. The van der Waals surface area contributed by atoms with Crippen LogP contribution in [0.15, 0.2) is 54.0 Å². The number of rotatable bonds is 11. The van der Waals surface area contributed by atoms with E-state index >= 15 is 0 Å². The second kappa shape index (κ2) is 11.3. The number of hydrogen-bond donors (Lipinski definition) is 2. The number of amides is 1. The number of hydrogen-bond acceptors (Lipinski definition) is 6. The summed E-state index contributed by atoms with van der Waals surface area (Å²) >= 11 is 0. The van der Waals surface area contributed by atoms with Crippen LogP contribution in [-0.2, 0) is 9.53 Å². The molecule has 0 unspecified atom stereocenters. The molecule has 1 aromatic rings. The molecule has 1 fully saturated rings. The molecule has 0 spiro atoms. The van der Waals surface area contributed by atoms with E-state index in [1.807, 2.05) is 37.8 Å². The highest BCUT2D eigenvalue weighted by atomic mass is 16.5. The van der Waals surface area contributed by atoms with Crippen LogP contribution in [0.25, 0.3) is 0 Å². The third-order valence-electron chi connectivity index (χ3n) is 5.10. The molecule has 0 atom stereocenters. The van der Waals surface area contributed by atoms with Gasteiger partial charge in [0.05, 0.1) is 12.2 Å². The number of aromatic nitrogens is 1. The van der Waals surface area contributed by atoms with Crippen molar-refractivity contribution in [2.75, 3.05) is 31.2 Å². The fraction of sp³-hybridized carbons (Fsp3) is 0.435. The van der Waals surface area contributed by atoms with Crippen molar-refractivity contribution < 1.29 is 9.53 Å². The van der Waals surface area contributed by atoms with Gasteiger partial charge in [-0.25, -0.2) is 4.98 Å². The zero-order valence-corrected chi connectivity index (χ0v) is 18.0. The van der Waals surface area contributed by atoms with Crippen LogP contribution in [0.3, 0.4) is 0 Å². The van der Waals surface area contributed by atoms with E-state index < -0.39 is 0 Å². The molecule has 160 valence electrons. The molecule has 30 heavy (non-hydrogen) atoms. The van der Waals surface area contributed by atoms with Gasteiger partial charge >= 0.3 is 0 Å². The van der Waals surface area contributed by atoms with Crippen molar-refractivity contribution in [3.63, 3.8) is 0 Å². The molecule has 1 aliphatic rings. The van der Waals surface area contributed by atoms with Gasteiger partial charge in [-0.05, 0) is 51.3 Å². The molecule has 1 aromatic heterocycles. The van der Waals surface area contributed by atoms with Crippen molar-refractivity contribution in [3.05, 3.63) is 59.6 Å². The van der Waals surface area contributed by atoms with E-state index in [2.05, 4.69) is 22.4 Å². The molecule has 3 N–H and O–H groups in total. The molecule has 7 heteroatoms. The minimum atomic E-state index is -0.204. The molecule has 0 bridgehead atoms. The molecular weight excluding hydrogens is 378 g/mol. The molecule has 1 aliphatic carbocycles. The molecule has 1 amide bonds. The number of nitriles is 1. The van der Waals surface area contributed by atoms with Gasteiger partial charge < -0.3 is 20.7 Å². The zero-order chi connectivity index (χ0) is 22.0. The lowest BCUT2D eigenvalue weighted by molar-refractivity contribution is -0.125. The largest absolute Gasteiger partial charge is 0.371 e. The maximum Gasteiger partial charge on any atom is 0.249 e. The Morgan fingerprint density at radius 2 is 2.23 bits per heavy atom. The molecule has 7 nitrogen and oxygen atoms in total. The van der Waals surface area contributed by atoms with Gasteiger partial charge in [0.15, 0.2) is 0 Å². The number of allylic oxidation sites excluding steroid dienone is 3. The van der Waals surface area contributed by atoms with Gasteiger partial charge in [-0.2, -0.15) is 5.26 Å². The average molecular weight is 410 g/mol. The second-order valence-electron chi connectivity index (χ2n) is 7.28. The number of pyridine rings is 1. The van der Waals surface area contributed by atoms with E-state index in [-0.39, 0.29) is 17.9 Å². The minimum absolute atomic E-state index is 0.00147. The predicted molar refractivity (Wildman–Crippen MR) is 118 cm³/mol. The third kappa shape index (κ3) is 6.28. The number of carbonyl (C=O) groups excluding carboxylic acids is 1. The first-order chi connectivity index (χ1) is 14.5. The molecule has 0 saturated heterocycles. The Morgan fingerprint density at radius 1 is 1.47 bits per heavy atom. The van der Waals surface area contributed by atoms with Crippen molar-refractivity contribution in [1.82, 2.24) is 10.3 Å². The number of nitrogens with zero attached hydrogens (tertiary/aromatic N) is 3. The fourth-order valence-corrected chi connectivity index (χ4v) is 3.28. The lowest BCUT2D eigenvalue weighted by atomic mass is 9.95.